The maximum absolute atomic E-state index is 11.6. The lowest BCUT2D eigenvalue weighted by Crippen LogP contribution is -2.45. The molecule has 0 bridgehead atoms. The van der Waals surface area contributed by atoms with Crippen LogP contribution >= 0.6 is 15.9 Å². The molecular formula is C18H18BrN3O2. The van der Waals surface area contributed by atoms with E-state index in [1.54, 1.807) is 16.8 Å². The Morgan fingerprint density at radius 2 is 2.04 bits per heavy atom. The summed E-state index contributed by atoms with van der Waals surface area (Å²) in [6.07, 6.45) is 7.18. The number of nitrogens with one attached hydrogen (secondary N) is 1. The molecule has 5 nitrogen and oxygen atoms in total. The minimum atomic E-state index is -0.871. The van der Waals surface area contributed by atoms with Gasteiger partial charge >= 0.3 is 5.97 Å². The van der Waals surface area contributed by atoms with Gasteiger partial charge in [-0.2, -0.15) is 5.10 Å². The molecule has 2 unspecified atom stereocenters. The second-order valence-corrected chi connectivity index (χ2v) is 6.76. The number of benzene rings is 1. The Morgan fingerprint density at radius 1 is 1.33 bits per heavy atom. The number of halogens is 1. The Labute approximate surface area is 148 Å². The van der Waals surface area contributed by atoms with Gasteiger partial charge in [-0.1, -0.05) is 42.5 Å². The van der Waals surface area contributed by atoms with Crippen LogP contribution in [0.4, 0.5) is 5.82 Å². The number of hydrogen-bond donors (Lipinski definition) is 2. The Balaban J connectivity index is 2.06. The van der Waals surface area contributed by atoms with Gasteiger partial charge in [0.15, 0.2) is 0 Å². The van der Waals surface area contributed by atoms with Crippen molar-refractivity contribution in [1.82, 2.24) is 9.78 Å². The number of nitrogens with zero attached hydrogens (tertiary/aromatic N) is 2. The minimum Gasteiger partial charge on any atom is -0.481 e. The van der Waals surface area contributed by atoms with Crippen LogP contribution in [0.1, 0.15) is 12.6 Å². The molecule has 0 spiro atoms. The first kappa shape index (κ1) is 16.5. The molecule has 1 heterocycles. The Hall–Kier alpha value is -2.34. The van der Waals surface area contributed by atoms with Crippen molar-refractivity contribution >= 4 is 27.7 Å². The zero-order valence-electron chi connectivity index (χ0n) is 13.4. The fourth-order valence-corrected chi connectivity index (χ4v) is 3.17. The highest BCUT2D eigenvalue weighted by atomic mass is 79.9. The van der Waals surface area contributed by atoms with E-state index in [1.165, 1.54) is 0 Å². The average Bonchev–Trinajstić information content (AvgIpc) is 2.84. The van der Waals surface area contributed by atoms with Crippen LogP contribution in [0.5, 0.6) is 0 Å². The van der Waals surface area contributed by atoms with E-state index >= 15 is 0 Å². The summed E-state index contributed by atoms with van der Waals surface area (Å²) in [6.45, 7) is 3.78. The molecule has 6 heteroatoms. The monoisotopic (exact) mass is 387 g/mol. The molecule has 1 aliphatic rings. The molecule has 0 fully saturated rings. The zero-order valence-corrected chi connectivity index (χ0v) is 15.0. The standard InChI is InChI=1S/C18H18BrN3O2/c1-12-15(19)16(22(21-12)13-8-4-3-5-9-13)20-18(2)11-7-6-10-14(18)17(23)24/h3-11,14,20H,1-2H3,(H,23,24). The molecule has 0 saturated carbocycles. The predicted octanol–water partition coefficient (Wildman–Crippen LogP) is 3.94. The summed E-state index contributed by atoms with van der Waals surface area (Å²) in [6, 6.07) is 9.73. The highest BCUT2D eigenvalue weighted by Crippen LogP contribution is 2.35. The first-order valence-corrected chi connectivity index (χ1v) is 8.39. The lowest BCUT2D eigenvalue weighted by Gasteiger charge is -2.34. The summed E-state index contributed by atoms with van der Waals surface area (Å²) < 4.78 is 2.61. The number of aromatic nitrogens is 2. The van der Waals surface area contributed by atoms with Gasteiger partial charge < -0.3 is 10.4 Å². The molecule has 2 atom stereocenters. The summed E-state index contributed by atoms with van der Waals surface area (Å²) in [7, 11) is 0. The van der Waals surface area contributed by atoms with Crippen LogP contribution in [0.2, 0.25) is 0 Å². The second kappa shape index (κ2) is 6.28. The van der Waals surface area contributed by atoms with E-state index in [4.69, 9.17) is 0 Å². The molecule has 1 aromatic heterocycles. The third-order valence-electron chi connectivity index (χ3n) is 4.15. The summed E-state index contributed by atoms with van der Waals surface area (Å²) in [4.78, 5) is 11.6. The molecular weight excluding hydrogens is 370 g/mol. The van der Waals surface area contributed by atoms with Crippen LogP contribution in [-0.2, 0) is 4.79 Å². The van der Waals surface area contributed by atoms with Crippen LogP contribution in [0.3, 0.4) is 0 Å². The molecule has 0 aliphatic heterocycles. The van der Waals surface area contributed by atoms with Crippen molar-refractivity contribution in [1.29, 1.82) is 0 Å². The second-order valence-electron chi connectivity index (χ2n) is 5.96. The largest absolute Gasteiger partial charge is 0.481 e. The fraction of sp³-hybridized carbons (Fsp3) is 0.222. The van der Waals surface area contributed by atoms with Gasteiger partial charge in [0.25, 0.3) is 0 Å². The number of para-hydroxylation sites is 1. The van der Waals surface area contributed by atoms with Gasteiger partial charge in [-0.05, 0) is 41.9 Å². The number of carboxylic acid groups (broad SMARTS) is 1. The lowest BCUT2D eigenvalue weighted by atomic mass is 9.82. The maximum Gasteiger partial charge on any atom is 0.313 e. The third kappa shape index (κ3) is 2.89. The summed E-state index contributed by atoms with van der Waals surface area (Å²) in [5.74, 6) is -0.814. The molecule has 1 aromatic carbocycles. The van der Waals surface area contributed by atoms with Crippen molar-refractivity contribution in [2.45, 2.75) is 19.4 Å². The van der Waals surface area contributed by atoms with Gasteiger partial charge in [0.1, 0.15) is 11.7 Å². The smallest absolute Gasteiger partial charge is 0.313 e. The number of carbonyl (C=O) groups is 1. The highest BCUT2D eigenvalue weighted by Gasteiger charge is 2.38. The van der Waals surface area contributed by atoms with Crippen LogP contribution in [-0.4, -0.2) is 26.4 Å². The van der Waals surface area contributed by atoms with Gasteiger partial charge in [-0.15, -0.1) is 0 Å². The number of rotatable bonds is 4. The summed E-state index contributed by atoms with van der Waals surface area (Å²) in [5.41, 5.74) is 0.967. The molecule has 24 heavy (non-hydrogen) atoms. The van der Waals surface area contributed by atoms with Crippen molar-refractivity contribution in [3.8, 4) is 5.69 Å². The van der Waals surface area contributed by atoms with E-state index < -0.39 is 17.4 Å². The van der Waals surface area contributed by atoms with Crippen molar-refractivity contribution in [2.24, 2.45) is 5.92 Å². The van der Waals surface area contributed by atoms with Crippen molar-refractivity contribution in [2.75, 3.05) is 5.32 Å². The first-order valence-electron chi connectivity index (χ1n) is 7.60. The van der Waals surface area contributed by atoms with E-state index in [1.807, 2.05) is 56.3 Å². The van der Waals surface area contributed by atoms with E-state index in [0.717, 1.165) is 21.7 Å². The van der Waals surface area contributed by atoms with Crippen molar-refractivity contribution < 1.29 is 9.90 Å². The molecule has 0 saturated heterocycles. The molecule has 0 radical (unpaired) electrons. The quantitative estimate of drug-likeness (QED) is 0.833. The van der Waals surface area contributed by atoms with Gasteiger partial charge in [0.2, 0.25) is 0 Å². The first-order chi connectivity index (χ1) is 11.4. The zero-order chi connectivity index (χ0) is 17.3. The lowest BCUT2D eigenvalue weighted by molar-refractivity contribution is -0.141. The topological polar surface area (TPSA) is 67.2 Å². The van der Waals surface area contributed by atoms with Crippen LogP contribution in [0.25, 0.3) is 5.69 Å². The number of hydrogen-bond acceptors (Lipinski definition) is 3. The van der Waals surface area contributed by atoms with Crippen LogP contribution in [0, 0.1) is 12.8 Å². The van der Waals surface area contributed by atoms with E-state index in [-0.39, 0.29) is 0 Å². The molecule has 2 aromatic rings. The molecule has 0 amide bonds. The van der Waals surface area contributed by atoms with E-state index in [2.05, 4.69) is 26.3 Å². The predicted molar refractivity (Wildman–Crippen MR) is 97.4 cm³/mol. The van der Waals surface area contributed by atoms with Gasteiger partial charge in [-0.25, -0.2) is 4.68 Å². The number of allylic oxidation sites excluding steroid dienone is 2. The number of aliphatic carboxylic acids is 1. The number of anilines is 1. The molecule has 3 rings (SSSR count). The SMILES string of the molecule is Cc1nn(-c2ccccc2)c(NC2(C)C=CC=CC2C(=O)O)c1Br. The Kier molecular flexibility index (Phi) is 4.32. The van der Waals surface area contributed by atoms with Crippen molar-refractivity contribution in [3.05, 3.63) is 64.8 Å². The van der Waals surface area contributed by atoms with E-state index in [9.17, 15) is 9.90 Å². The molecule has 124 valence electrons. The highest BCUT2D eigenvalue weighted by molar-refractivity contribution is 9.10. The Morgan fingerprint density at radius 3 is 2.71 bits per heavy atom. The average molecular weight is 388 g/mol. The van der Waals surface area contributed by atoms with Crippen LogP contribution in [0.15, 0.2) is 59.1 Å². The molecule has 2 N–H and O–H groups in total. The Bertz CT molecular complexity index is 826. The normalized spacial score (nSPS) is 22.5. The number of carboxylic acids is 1. The van der Waals surface area contributed by atoms with Crippen LogP contribution < -0.4 is 5.32 Å². The third-order valence-corrected chi connectivity index (χ3v) is 5.09. The van der Waals surface area contributed by atoms with Gasteiger partial charge in [0, 0.05) is 0 Å². The van der Waals surface area contributed by atoms with Gasteiger partial charge in [0.05, 0.1) is 21.4 Å². The summed E-state index contributed by atoms with van der Waals surface area (Å²) in [5, 5.41) is 17.5. The number of aryl methyl sites for hydroxylation is 1. The molecule has 1 aliphatic carbocycles. The van der Waals surface area contributed by atoms with E-state index in [0.29, 0.717) is 0 Å². The minimum absolute atomic E-state index is 0.672. The fourth-order valence-electron chi connectivity index (χ4n) is 2.82. The maximum atomic E-state index is 11.6. The van der Waals surface area contributed by atoms with Crippen molar-refractivity contribution in [3.63, 3.8) is 0 Å². The summed E-state index contributed by atoms with van der Waals surface area (Å²) >= 11 is 3.57. The van der Waals surface area contributed by atoms with Gasteiger partial charge in [-0.3, -0.25) is 4.79 Å².